The fraction of sp³-hybridized carbons (Fsp3) is 0.600. The number of ether oxygens (including phenoxy) is 1. The third-order valence-corrected chi connectivity index (χ3v) is 4.19. The van der Waals surface area contributed by atoms with Crippen molar-refractivity contribution < 1.29 is 14.2 Å². The molecule has 0 spiro atoms. The summed E-state index contributed by atoms with van der Waals surface area (Å²) in [5.74, 6) is -0.489. The highest BCUT2D eigenvalue weighted by Crippen LogP contribution is 2.31. The number of nitrogens with one attached hydrogen (secondary N) is 1. The van der Waals surface area contributed by atoms with E-state index >= 15 is 0 Å². The molecular weight excluding hydrogens is 316 g/mol. The first-order valence-electron chi connectivity index (χ1n) is 7.24. The molecule has 21 heavy (non-hydrogen) atoms. The molecule has 1 aromatic carbocycles. The summed E-state index contributed by atoms with van der Waals surface area (Å²) in [6.45, 7) is 0.520. The van der Waals surface area contributed by atoms with E-state index in [1.54, 1.807) is 0 Å². The minimum absolute atomic E-state index is 0.195. The fourth-order valence-corrected chi connectivity index (χ4v) is 3.06. The lowest BCUT2D eigenvalue weighted by atomic mass is 9.98. The summed E-state index contributed by atoms with van der Waals surface area (Å²) in [7, 11) is 0. The van der Waals surface area contributed by atoms with Gasteiger partial charge in [0.25, 0.3) is 0 Å². The van der Waals surface area contributed by atoms with E-state index in [0.29, 0.717) is 5.69 Å². The number of aliphatic hydroxyl groups is 1. The van der Waals surface area contributed by atoms with Gasteiger partial charge in [-0.25, -0.2) is 4.39 Å². The van der Waals surface area contributed by atoms with Crippen LogP contribution in [0.5, 0.6) is 0 Å². The van der Waals surface area contributed by atoms with Gasteiger partial charge in [-0.1, -0.05) is 42.5 Å². The van der Waals surface area contributed by atoms with Gasteiger partial charge in [0.1, 0.15) is 5.82 Å². The molecule has 3 nitrogen and oxygen atoms in total. The molecule has 0 bridgehead atoms. The van der Waals surface area contributed by atoms with Crippen molar-refractivity contribution in [3.05, 3.63) is 28.0 Å². The summed E-state index contributed by atoms with van der Waals surface area (Å²) in [6.07, 6.45) is 5.38. The number of benzene rings is 1. The topological polar surface area (TPSA) is 41.5 Å². The highest BCUT2D eigenvalue weighted by molar-refractivity contribution is 6.39. The van der Waals surface area contributed by atoms with Crippen LogP contribution < -0.4 is 5.32 Å². The van der Waals surface area contributed by atoms with E-state index in [0.717, 1.165) is 12.8 Å². The van der Waals surface area contributed by atoms with Gasteiger partial charge in [0.2, 0.25) is 0 Å². The molecule has 2 rings (SSSR count). The van der Waals surface area contributed by atoms with E-state index in [1.165, 1.54) is 31.4 Å². The van der Waals surface area contributed by atoms with Crippen LogP contribution in [-0.4, -0.2) is 30.5 Å². The Kier molecular flexibility index (Phi) is 6.55. The zero-order valence-corrected chi connectivity index (χ0v) is 13.3. The maximum atomic E-state index is 13.1. The summed E-state index contributed by atoms with van der Waals surface area (Å²) >= 11 is 11.8. The second kappa shape index (κ2) is 8.18. The third-order valence-electron chi connectivity index (χ3n) is 3.60. The molecule has 1 aromatic rings. The number of halogens is 3. The van der Waals surface area contributed by atoms with Crippen LogP contribution >= 0.6 is 23.2 Å². The van der Waals surface area contributed by atoms with Gasteiger partial charge in [-0.3, -0.25) is 0 Å². The van der Waals surface area contributed by atoms with Crippen molar-refractivity contribution in [1.82, 2.24) is 0 Å². The van der Waals surface area contributed by atoms with Gasteiger partial charge < -0.3 is 15.2 Å². The Labute approximate surface area is 134 Å². The quantitative estimate of drug-likeness (QED) is 0.816. The monoisotopic (exact) mass is 335 g/mol. The molecule has 1 unspecified atom stereocenters. The SMILES string of the molecule is OC(CNc1c(Cl)cc(F)cc1Cl)COC1CCCCC1. The van der Waals surface area contributed by atoms with Gasteiger partial charge in [0, 0.05) is 6.54 Å². The van der Waals surface area contributed by atoms with Crippen LogP contribution in [0.15, 0.2) is 12.1 Å². The van der Waals surface area contributed by atoms with E-state index in [4.69, 9.17) is 27.9 Å². The van der Waals surface area contributed by atoms with Gasteiger partial charge in [-0.2, -0.15) is 0 Å². The molecule has 1 atom stereocenters. The van der Waals surface area contributed by atoms with Crippen LogP contribution in [0.2, 0.25) is 10.0 Å². The molecule has 0 heterocycles. The lowest BCUT2D eigenvalue weighted by Crippen LogP contribution is -2.28. The molecule has 0 saturated heterocycles. The van der Waals surface area contributed by atoms with Crippen molar-refractivity contribution >= 4 is 28.9 Å². The van der Waals surface area contributed by atoms with Crippen molar-refractivity contribution in [2.45, 2.75) is 44.3 Å². The molecule has 118 valence electrons. The zero-order valence-electron chi connectivity index (χ0n) is 11.7. The lowest BCUT2D eigenvalue weighted by molar-refractivity contribution is -0.0195. The zero-order chi connectivity index (χ0) is 15.2. The molecule has 1 saturated carbocycles. The van der Waals surface area contributed by atoms with E-state index in [9.17, 15) is 9.50 Å². The van der Waals surface area contributed by atoms with Crippen LogP contribution in [0.3, 0.4) is 0 Å². The van der Waals surface area contributed by atoms with Gasteiger partial charge in [-0.05, 0) is 25.0 Å². The molecule has 1 fully saturated rings. The van der Waals surface area contributed by atoms with Crippen molar-refractivity contribution in [3.63, 3.8) is 0 Å². The summed E-state index contributed by atoms with van der Waals surface area (Å²) in [4.78, 5) is 0. The molecule has 1 aliphatic carbocycles. The van der Waals surface area contributed by atoms with Crippen LogP contribution in [-0.2, 0) is 4.74 Å². The maximum absolute atomic E-state index is 13.1. The molecule has 0 aromatic heterocycles. The maximum Gasteiger partial charge on any atom is 0.126 e. The molecule has 1 aliphatic rings. The number of hydrogen-bond acceptors (Lipinski definition) is 3. The molecule has 2 N–H and O–H groups in total. The van der Waals surface area contributed by atoms with Crippen LogP contribution in [0.25, 0.3) is 0 Å². The summed E-state index contributed by atoms with van der Waals surface area (Å²) in [5, 5.41) is 13.3. The predicted molar refractivity (Wildman–Crippen MR) is 83.7 cm³/mol. The van der Waals surface area contributed by atoms with Gasteiger partial charge in [-0.15, -0.1) is 0 Å². The van der Waals surface area contributed by atoms with Crippen LogP contribution in [0, 0.1) is 5.82 Å². The summed E-state index contributed by atoms with van der Waals surface area (Å²) < 4.78 is 18.8. The lowest BCUT2D eigenvalue weighted by Gasteiger charge is -2.23. The second-order valence-corrected chi connectivity index (χ2v) is 6.19. The number of aliphatic hydroxyl groups excluding tert-OH is 1. The molecule has 0 radical (unpaired) electrons. The number of rotatable bonds is 6. The Morgan fingerprint density at radius 2 is 1.86 bits per heavy atom. The highest BCUT2D eigenvalue weighted by atomic mass is 35.5. The van der Waals surface area contributed by atoms with Crippen molar-refractivity contribution in [2.75, 3.05) is 18.5 Å². The van der Waals surface area contributed by atoms with Crippen molar-refractivity contribution in [1.29, 1.82) is 0 Å². The standard InChI is InChI=1S/C15H20Cl2FNO2/c16-13-6-10(18)7-14(17)15(13)19-8-11(20)9-21-12-4-2-1-3-5-12/h6-7,11-12,19-20H,1-5,8-9H2. The first-order valence-corrected chi connectivity index (χ1v) is 8.00. The number of anilines is 1. The van der Waals surface area contributed by atoms with Crippen molar-refractivity contribution in [3.8, 4) is 0 Å². The number of hydrogen-bond donors (Lipinski definition) is 2. The third kappa shape index (κ3) is 5.29. The van der Waals surface area contributed by atoms with E-state index in [1.807, 2.05) is 0 Å². The minimum atomic E-state index is -0.663. The van der Waals surface area contributed by atoms with Gasteiger partial charge in [0.15, 0.2) is 0 Å². The second-order valence-electron chi connectivity index (χ2n) is 5.37. The summed E-state index contributed by atoms with van der Waals surface area (Å²) in [5.41, 5.74) is 0.427. The Balaban J connectivity index is 1.77. The fourth-order valence-electron chi connectivity index (χ4n) is 2.47. The van der Waals surface area contributed by atoms with Crippen molar-refractivity contribution in [2.24, 2.45) is 0 Å². The van der Waals surface area contributed by atoms with E-state index in [2.05, 4.69) is 5.32 Å². The Morgan fingerprint density at radius 3 is 2.48 bits per heavy atom. The van der Waals surface area contributed by atoms with E-state index < -0.39 is 11.9 Å². The van der Waals surface area contributed by atoms with Crippen LogP contribution in [0.1, 0.15) is 32.1 Å². The Hall–Kier alpha value is -0.550. The molecule has 0 aliphatic heterocycles. The normalized spacial score (nSPS) is 17.7. The summed E-state index contributed by atoms with van der Waals surface area (Å²) in [6, 6.07) is 2.36. The molecular formula is C15H20Cl2FNO2. The van der Waals surface area contributed by atoms with Gasteiger partial charge >= 0.3 is 0 Å². The molecule has 6 heteroatoms. The average molecular weight is 336 g/mol. The first kappa shape index (κ1) is 16.8. The van der Waals surface area contributed by atoms with Crippen LogP contribution in [0.4, 0.5) is 10.1 Å². The average Bonchev–Trinajstić information content (AvgIpc) is 2.45. The Morgan fingerprint density at radius 1 is 1.24 bits per heavy atom. The first-order chi connectivity index (χ1) is 10.1. The Bertz CT molecular complexity index is 444. The largest absolute Gasteiger partial charge is 0.389 e. The van der Waals surface area contributed by atoms with E-state index in [-0.39, 0.29) is 29.3 Å². The molecule has 0 amide bonds. The highest BCUT2D eigenvalue weighted by Gasteiger charge is 2.16. The minimum Gasteiger partial charge on any atom is -0.389 e. The predicted octanol–water partition coefficient (Wildman–Crippen LogP) is 4.25. The van der Waals surface area contributed by atoms with Gasteiger partial charge in [0.05, 0.1) is 34.5 Å². The smallest absolute Gasteiger partial charge is 0.126 e.